The molecule has 0 saturated heterocycles. The predicted octanol–water partition coefficient (Wildman–Crippen LogP) is 3.46. The summed E-state index contributed by atoms with van der Waals surface area (Å²) in [5.41, 5.74) is 0. The van der Waals surface area contributed by atoms with Crippen molar-refractivity contribution in [1.29, 1.82) is 0 Å². The molecule has 0 heterocycles. The molecule has 2 saturated carbocycles. The van der Waals surface area contributed by atoms with E-state index in [1.807, 2.05) is 0 Å². The third-order valence-corrected chi connectivity index (χ3v) is 6.05. The van der Waals surface area contributed by atoms with Crippen molar-refractivity contribution in [1.82, 2.24) is 10.6 Å². The molecule has 2 rings (SSSR count). The first-order valence-electron chi connectivity index (χ1n) is 8.37. The monoisotopic (exact) mass is 312 g/mol. The van der Waals surface area contributed by atoms with Crippen LogP contribution in [0.15, 0.2) is 0 Å². The van der Waals surface area contributed by atoms with Gasteiger partial charge in [0.05, 0.1) is 5.75 Å². The van der Waals surface area contributed by atoms with Gasteiger partial charge in [-0.2, -0.15) is 0 Å². The number of hydrogen-bond acceptors (Lipinski definition) is 3. The van der Waals surface area contributed by atoms with Gasteiger partial charge >= 0.3 is 6.03 Å². The van der Waals surface area contributed by atoms with Gasteiger partial charge in [0, 0.05) is 11.3 Å². The summed E-state index contributed by atoms with van der Waals surface area (Å²) in [6, 6.07) is -0.0967. The van der Waals surface area contributed by atoms with Gasteiger partial charge in [-0.1, -0.05) is 39.0 Å². The molecule has 120 valence electrons. The van der Waals surface area contributed by atoms with Crippen molar-refractivity contribution in [2.24, 2.45) is 5.92 Å². The van der Waals surface area contributed by atoms with Crippen molar-refractivity contribution in [2.45, 2.75) is 76.0 Å². The van der Waals surface area contributed by atoms with E-state index in [0.717, 1.165) is 12.8 Å². The lowest BCUT2D eigenvalue weighted by Gasteiger charge is -2.29. The second-order valence-corrected chi connectivity index (χ2v) is 7.75. The Morgan fingerprint density at radius 2 is 1.67 bits per heavy atom. The SMILES string of the molecule is CC1CCCCC1NC(=O)NC(=O)CSC1CCCCC1. The highest BCUT2D eigenvalue weighted by molar-refractivity contribution is 8.00. The fourth-order valence-corrected chi connectivity index (χ4v) is 4.45. The zero-order valence-corrected chi connectivity index (χ0v) is 13.8. The second kappa shape index (κ2) is 8.66. The fraction of sp³-hybridized carbons (Fsp3) is 0.875. The van der Waals surface area contributed by atoms with E-state index in [1.54, 1.807) is 11.8 Å². The molecule has 0 aliphatic heterocycles. The van der Waals surface area contributed by atoms with Crippen molar-refractivity contribution < 1.29 is 9.59 Å². The van der Waals surface area contributed by atoms with Crippen LogP contribution >= 0.6 is 11.8 Å². The van der Waals surface area contributed by atoms with Crippen LogP contribution < -0.4 is 10.6 Å². The van der Waals surface area contributed by atoms with Gasteiger partial charge in [-0.25, -0.2) is 4.79 Å². The fourth-order valence-electron chi connectivity index (χ4n) is 3.32. The highest BCUT2D eigenvalue weighted by Crippen LogP contribution is 2.28. The summed E-state index contributed by atoms with van der Waals surface area (Å²) in [6.07, 6.45) is 10.9. The Morgan fingerprint density at radius 3 is 2.38 bits per heavy atom. The van der Waals surface area contributed by atoms with Crippen LogP contribution in [-0.2, 0) is 4.79 Å². The summed E-state index contributed by atoms with van der Waals surface area (Å²) >= 11 is 1.70. The molecule has 0 aromatic heterocycles. The number of amides is 3. The maximum atomic E-state index is 11.9. The average Bonchev–Trinajstić information content (AvgIpc) is 2.48. The van der Waals surface area contributed by atoms with Gasteiger partial charge in [0.2, 0.25) is 5.91 Å². The minimum absolute atomic E-state index is 0.161. The van der Waals surface area contributed by atoms with Crippen molar-refractivity contribution >= 4 is 23.7 Å². The highest BCUT2D eigenvalue weighted by Gasteiger charge is 2.23. The molecule has 2 atom stereocenters. The quantitative estimate of drug-likeness (QED) is 0.836. The molecule has 4 nitrogen and oxygen atoms in total. The molecule has 5 heteroatoms. The van der Waals surface area contributed by atoms with E-state index in [-0.39, 0.29) is 18.0 Å². The normalized spacial score (nSPS) is 27.1. The van der Waals surface area contributed by atoms with E-state index in [4.69, 9.17) is 0 Å². The number of imide groups is 1. The van der Waals surface area contributed by atoms with Crippen LogP contribution in [0.3, 0.4) is 0 Å². The van der Waals surface area contributed by atoms with Crippen molar-refractivity contribution in [3.63, 3.8) is 0 Å². The summed E-state index contributed by atoms with van der Waals surface area (Å²) in [6.45, 7) is 2.17. The summed E-state index contributed by atoms with van der Waals surface area (Å²) in [5.74, 6) is 0.751. The van der Waals surface area contributed by atoms with E-state index in [1.165, 1.54) is 44.9 Å². The van der Waals surface area contributed by atoms with Gasteiger partial charge in [0.1, 0.15) is 0 Å². The molecule has 21 heavy (non-hydrogen) atoms. The molecule has 2 aliphatic carbocycles. The van der Waals surface area contributed by atoms with Crippen LogP contribution in [0.5, 0.6) is 0 Å². The first-order chi connectivity index (χ1) is 10.1. The number of thioether (sulfide) groups is 1. The van der Waals surface area contributed by atoms with Crippen LogP contribution in [0.1, 0.15) is 64.7 Å². The Bertz CT molecular complexity index is 356. The number of carbonyl (C=O) groups excluding carboxylic acids is 2. The van der Waals surface area contributed by atoms with E-state index in [0.29, 0.717) is 16.9 Å². The third-order valence-electron chi connectivity index (χ3n) is 4.68. The number of rotatable bonds is 4. The average molecular weight is 312 g/mol. The van der Waals surface area contributed by atoms with Crippen LogP contribution in [0.4, 0.5) is 4.79 Å². The zero-order valence-electron chi connectivity index (χ0n) is 13.0. The number of nitrogens with one attached hydrogen (secondary N) is 2. The van der Waals surface area contributed by atoms with Gasteiger partial charge in [-0.3, -0.25) is 10.1 Å². The van der Waals surface area contributed by atoms with E-state index in [2.05, 4.69) is 17.6 Å². The van der Waals surface area contributed by atoms with E-state index in [9.17, 15) is 9.59 Å². The summed E-state index contributed by atoms with van der Waals surface area (Å²) in [4.78, 5) is 23.7. The zero-order chi connectivity index (χ0) is 15.1. The molecule has 2 aliphatic rings. The number of hydrogen-bond donors (Lipinski definition) is 2. The highest BCUT2D eigenvalue weighted by atomic mass is 32.2. The third kappa shape index (κ3) is 5.89. The van der Waals surface area contributed by atoms with Crippen molar-refractivity contribution in [2.75, 3.05) is 5.75 Å². The van der Waals surface area contributed by atoms with Crippen LogP contribution in [0.25, 0.3) is 0 Å². The first-order valence-corrected chi connectivity index (χ1v) is 9.42. The van der Waals surface area contributed by atoms with Crippen molar-refractivity contribution in [3.05, 3.63) is 0 Å². The maximum absolute atomic E-state index is 11.9. The number of carbonyl (C=O) groups is 2. The molecule has 0 aromatic rings. The molecular formula is C16H28N2O2S. The predicted molar refractivity (Wildman–Crippen MR) is 87.4 cm³/mol. The summed E-state index contributed by atoms with van der Waals surface area (Å²) in [7, 11) is 0. The van der Waals surface area contributed by atoms with E-state index >= 15 is 0 Å². The Labute approximate surface area is 132 Å². The molecule has 0 aromatic carbocycles. The molecule has 2 unspecified atom stereocenters. The van der Waals surface area contributed by atoms with Crippen LogP contribution in [-0.4, -0.2) is 29.0 Å². The van der Waals surface area contributed by atoms with Crippen LogP contribution in [0, 0.1) is 5.92 Å². The topological polar surface area (TPSA) is 58.2 Å². The summed E-state index contributed by atoms with van der Waals surface area (Å²) in [5, 5.41) is 6.04. The van der Waals surface area contributed by atoms with E-state index < -0.39 is 0 Å². The Hall–Kier alpha value is -0.710. The standard InChI is InChI=1S/C16H28N2O2S/c1-12-7-5-6-10-14(12)17-16(20)18-15(19)11-21-13-8-3-2-4-9-13/h12-14H,2-11H2,1H3,(H2,17,18,19,20). The minimum Gasteiger partial charge on any atom is -0.335 e. The first kappa shape index (κ1) is 16.7. The Kier molecular flexibility index (Phi) is 6.87. The maximum Gasteiger partial charge on any atom is 0.321 e. The van der Waals surface area contributed by atoms with Gasteiger partial charge < -0.3 is 5.32 Å². The second-order valence-electron chi connectivity index (χ2n) is 6.46. The minimum atomic E-state index is -0.317. The molecule has 3 amide bonds. The number of urea groups is 1. The lowest BCUT2D eigenvalue weighted by atomic mass is 9.86. The van der Waals surface area contributed by atoms with Crippen molar-refractivity contribution in [3.8, 4) is 0 Å². The van der Waals surface area contributed by atoms with Gasteiger partial charge in [0.15, 0.2) is 0 Å². The van der Waals surface area contributed by atoms with Gasteiger partial charge in [-0.05, 0) is 31.6 Å². The molecule has 0 radical (unpaired) electrons. The lowest BCUT2D eigenvalue weighted by Crippen LogP contribution is -2.48. The molecular weight excluding hydrogens is 284 g/mol. The van der Waals surface area contributed by atoms with Gasteiger partial charge in [0.25, 0.3) is 0 Å². The Morgan fingerprint density at radius 1 is 1.00 bits per heavy atom. The Balaban J connectivity index is 1.63. The summed E-state index contributed by atoms with van der Waals surface area (Å²) < 4.78 is 0. The smallest absolute Gasteiger partial charge is 0.321 e. The van der Waals surface area contributed by atoms with Crippen LogP contribution in [0.2, 0.25) is 0 Å². The molecule has 0 bridgehead atoms. The molecule has 2 N–H and O–H groups in total. The largest absolute Gasteiger partial charge is 0.335 e. The van der Waals surface area contributed by atoms with Gasteiger partial charge in [-0.15, -0.1) is 11.8 Å². The molecule has 2 fully saturated rings. The molecule has 0 spiro atoms. The lowest BCUT2D eigenvalue weighted by molar-refractivity contribution is -0.117.